The molecule has 0 atom stereocenters. The van der Waals surface area contributed by atoms with Gasteiger partial charge >= 0.3 is 0 Å². The van der Waals surface area contributed by atoms with Crippen molar-refractivity contribution in [3.8, 4) is 0 Å². The summed E-state index contributed by atoms with van der Waals surface area (Å²) in [6.07, 6.45) is 4.60. The van der Waals surface area contributed by atoms with E-state index in [1.54, 1.807) is 18.0 Å². The molecule has 2 aromatic carbocycles. The Kier molecular flexibility index (Phi) is 6.43. The molecule has 0 aliphatic carbocycles. The van der Waals surface area contributed by atoms with E-state index in [4.69, 9.17) is 0 Å². The molecular formula is C29H34N4O3. The molecule has 0 aromatic heterocycles. The zero-order valence-electron chi connectivity index (χ0n) is 21.4. The van der Waals surface area contributed by atoms with Gasteiger partial charge in [-0.25, -0.2) is 0 Å². The monoisotopic (exact) mass is 486 g/mol. The van der Waals surface area contributed by atoms with Gasteiger partial charge in [-0.1, -0.05) is 24.3 Å². The third-order valence-corrected chi connectivity index (χ3v) is 8.15. The van der Waals surface area contributed by atoms with Gasteiger partial charge in [0.05, 0.1) is 5.41 Å². The summed E-state index contributed by atoms with van der Waals surface area (Å²) in [5.74, 6) is 0.0485. The number of amides is 3. The molecule has 0 saturated carbocycles. The minimum absolute atomic E-state index is 0.0250. The summed E-state index contributed by atoms with van der Waals surface area (Å²) in [6, 6.07) is 13.7. The van der Waals surface area contributed by atoms with Crippen LogP contribution < -0.4 is 4.90 Å². The SMILES string of the molecule is Cc1ccccc1/C=C/C(=O)N1CCC2(CC1)C(=O)N(C)c1ccc(C(=O)N3CCN(C)CC3)cc12. The summed E-state index contributed by atoms with van der Waals surface area (Å²) in [5, 5.41) is 0. The quantitative estimate of drug-likeness (QED) is 0.626. The Hall–Kier alpha value is -3.45. The first kappa shape index (κ1) is 24.3. The zero-order chi connectivity index (χ0) is 25.4. The van der Waals surface area contributed by atoms with E-state index in [1.807, 2.05) is 65.3 Å². The fraction of sp³-hybridized carbons (Fsp3) is 0.414. The van der Waals surface area contributed by atoms with Gasteiger partial charge in [0.25, 0.3) is 5.91 Å². The van der Waals surface area contributed by atoms with Crippen molar-refractivity contribution in [3.63, 3.8) is 0 Å². The van der Waals surface area contributed by atoms with E-state index in [-0.39, 0.29) is 17.7 Å². The van der Waals surface area contributed by atoms with E-state index < -0.39 is 5.41 Å². The minimum Gasteiger partial charge on any atom is -0.339 e. The van der Waals surface area contributed by atoms with Gasteiger partial charge in [-0.05, 0) is 67.8 Å². The number of nitrogens with zero attached hydrogens (tertiary/aromatic N) is 4. The van der Waals surface area contributed by atoms with Crippen LogP contribution in [0.25, 0.3) is 6.08 Å². The van der Waals surface area contributed by atoms with Crippen molar-refractivity contribution < 1.29 is 14.4 Å². The van der Waals surface area contributed by atoms with Crippen LogP contribution in [-0.2, 0) is 15.0 Å². The molecule has 2 aromatic rings. The van der Waals surface area contributed by atoms with E-state index in [0.717, 1.165) is 35.5 Å². The standard InChI is InChI=1S/C29H34N4O3/c1-21-6-4-5-7-22(21)9-11-26(34)32-14-12-29(13-15-32)24-20-23(8-10-25(24)31(3)28(29)36)27(35)33-18-16-30(2)17-19-33/h4-11,20H,12-19H2,1-3H3/b11-9+. The van der Waals surface area contributed by atoms with E-state index in [1.165, 1.54) is 0 Å². The van der Waals surface area contributed by atoms with Gasteiger partial charge in [-0.3, -0.25) is 14.4 Å². The smallest absolute Gasteiger partial charge is 0.253 e. The third kappa shape index (κ3) is 4.22. The molecule has 0 N–H and O–H groups in total. The molecule has 2 fully saturated rings. The lowest BCUT2D eigenvalue weighted by atomic mass is 9.73. The highest BCUT2D eigenvalue weighted by molar-refractivity contribution is 6.09. The average Bonchev–Trinajstić information content (AvgIpc) is 3.10. The van der Waals surface area contributed by atoms with Crippen molar-refractivity contribution in [3.05, 3.63) is 70.8 Å². The molecule has 1 spiro atoms. The van der Waals surface area contributed by atoms with Crippen LogP contribution in [0.2, 0.25) is 0 Å². The van der Waals surface area contributed by atoms with Crippen LogP contribution in [0.4, 0.5) is 5.69 Å². The number of rotatable bonds is 3. The second-order valence-corrected chi connectivity index (χ2v) is 10.3. The largest absolute Gasteiger partial charge is 0.339 e. The summed E-state index contributed by atoms with van der Waals surface area (Å²) in [7, 11) is 3.87. The maximum Gasteiger partial charge on any atom is 0.253 e. The highest BCUT2D eigenvalue weighted by atomic mass is 16.2. The number of aryl methyl sites for hydroxylation is 1. The van der Waals surface area contributed by atoms with E-state index in [0.29, 0.717) is 44.6 Å². The summed E-state index contributed by atoms with van der Waals surface area (Å²) in [5.41, 5.74) is 3.90. The van der Waals surface area contributed by atoms with Crippen LogP contribution in [0.1, 0.15) is 39.9 Å². The van der Waals surface area contributed by atoms with Gasteiger partial charge in [-0.15, -0.1) is 0 Å². The van der Waals surface area contributed by atoms with Gasteiger partial charge in [-0.2, -0.15) is 0 Å². The predicted molar refractivity (Wildman–Crippen MR) is 141 cm³/mol. The number of hydrogen-bond acceptors (Lipinski definition) is 4. The second kappa shape index (κ2) is 9.54. The minimum atomic E-state index is -0.682. The number of fused-ring (bicyclic) bond motifs is 2. The fourth-order valence-corrected chi connectivity index (χ4v) is 5.71. The number of hydrogen-bond donors (Lipinski definition) is 0. The summed E-state index contributed by atoms with van der Waals surface area (Å²) in [6.45, 7) is 6.19. The van der Waals surface area contributed by atoms with E-state index >= 15 is 0 Å². The lowest BCUT2D eigenvalue weighted by molar-refractivity contribution is -0.131. The topological polar surface area (TPSA) is 64.2 Å². The van der Waals surface area contributed by atoms with Crippen LogP contribution >= 0.6 is 0 Å². The first-order valence-corrected chi connectivity index (χ1v) is 12.7. The molecule has 3 heterocycles. The average molecular weight is 487 g/mol. The Morgan fingerprint density at radius 2 is 1.58 bits per heavy atom. The van der Waals surface area contributed by atoms with Crippen LogP contribution in [0.3, 0.4) is 0 Å². The molecule has 188 valence electrons. The molecule has 0 bridgehead atoms. The number of piperazine rings is 1. The predicted octanol–water partition coefficient (Wildman–Crippen LogP) is 2.93. The summed E-state index contributed by atoms with van der Waals surface area (Å²) >= 11 is 0. The van der Waals surface area contributed by atoms with Crippen LogP contribution in [0, 0.1) is 6.92 Å². The van der Waals surface area contributed by atoms with E-state index in [9.17, 15) is 14.4 Å². The first-order chi connectivity index (χ1) is 17.3. The van der Waals surface area contributed by atoms with Crippen LogP contribution in [0.15, 0.2) is 48.5 Å². The normalized spacial score (nSPS) is 19.9. The lowest BCUT2D eigenvalue weighted by Crippen LogP contribution is -2.49. The number of likely N-dealkylation sites (tertiary alicyclic amines) is 1. The van der Waals surface area contributed by atoms with Gasteiger partial charge in [0.1, 0.15) is 0 Å². The van der Waals surface area contributed by atoms with Crippen LogP contribution in [0.5, 0.6) is 0 Å². The molecule has 36 heavy (non-hydrogen) atoms. The number of benzene rings is 2. The molecule has 0 radical (unpaired) electrons. The Bertz CT molecular complexity index is 1220. The fourth-order valence-electron chi connectivity index (χ4n) is 5.71. The summed E-state index contributed by atoms with van der Waals surface area (Å²) in [4.78, 5) is 47.3. The number of carbonyl (C=O) groups excluding carboxylic acids is 3. The van der Waals surface area contributed by atoms with Crippen molar-refractivity contribution in [2.45, 2.75) is 25.2 Å². The van der Waals surface area contributed by atoms with Crippen molar-refractivity contribution in [1.82, 2.24) is 14.7 Å². The molecule has 7 nitrogen and oxygen atoms in total. The van der Waals surface area contributed by atoms with Gasteiger partial charge in [0, 0.05) is 63.6 Å². The van der Waals surface area contributed by atoms with Crippen molar-refractivity contribution in [2.24, 2.45) is 0 Å². The molecule has 3 aliphatic rings. The molecule has 0 unspecified atom stereocenters. The number of anilines is 1. The Labute approximate surface area is 213 Å². The Morgan fingerprint density at radius 1 is 0.889 bits per heavy atom. The zero-order valence-corrected chi connectivity index (χ0v) is 21.4. The second-order valence-electron chi connectivity index (χ2n) is 10.3. The van der Waals surface area contributed by atoms with Crippen molar-refractivity contribution in [2.75, 3.05) is 58.3 Å². The lowest BCUT2D eigenvalue weighted by Gasteiger charge is -2.38. The van der Waals surface area contributed by atoms with Gasteiger partial charge < -0.3 is 19.6 Å². The van der Waals surface area contributed by atoms with Crippen molar-refractivity contribution in [1.29, 1.82) is 0 Å². The number of likely N-dealkylation sites (N-methyl/N-ethyl adjacent to an activating group) is 2. The maximum atomic E-state index is 13.5. The Morgan fingerprint density at radius 3 is 2.28 bits per heavy atom. The van der Waals surface area contributed by atoms with Crippen molar-refractivity contribution >= 4 is 29.5 Å². The number of carbonyl (C=O) groups is 3. The highest BCUT2D eigenvalue weighted by Gasteiger charge is 2.51. The molecule has 5 rings (SSSR count). The summed E-state index contributed by atoms with van der Waals surface area (Å²) < 4.78 is 0. The van der Waals surface area contributed by atoms with Crippen LogP contribution in [-0.4, -0.2) is 85.8 Å². The number of piperidine rings is 1. The molecule has 3 aliphatic heterocycles. The molecular weight excluding hydrogens is 452 g/mol. The van der Waals surface area contributed by atoms with E-state index in [2.05, 4.69) is 11.9 Å². The molecule has 7 heteroatoms. The molecule has 2 saturated heterocycles. The van der Waals surface area contributed by atoms with Gasteiger partial charge in [0.2, 0.25) is 11.8 Å². The third-order valence-electron chi connectivity index (χ3n) is 8.15. The maximum absolute atomic E-state index is 13.5. The van der Waals surface area contributed by atoms with Gasteiger partial charge in [0.15, 0.2) is 0 Å². The molecule has 3 amide bonds. The Balaban J connectivity index is 1.33. The first-order valence-electron chi connectivity index (χ1n) is 12.7. The highest BCUT2D eigenvalue weighted by Crippen LogP contribution is 2.47.